The van der Waals surface area contributed by atoms with Gasteiger partial charge in [0.15, 0.2) is 0 Å². The Hall–Kier alpha value is -6.64. The van der Waals surface area contributed by atoms with Crippen molar-refractivity contribution in [2.75, 3.05) is 4.90 Å². The number of rotatable bonds is 5. The van der Waals surface area contributed by atoms with E-state index in [1.54, 1.807) is 0 Å². The molecular formula is C48H31NO. The first kappa shape index (κ1) is 28.4. The monoisotopic (exact) mass is 637 g/mol. The van der Waals surface area contributed by atoms with Gasteiger partial charge in [-0.15, -0.1) is 0 Å². The zero-order chi connectivity index (χ0) is 33.0. The molecule has 1 heterocycles. The molecule has 0 N–H and O–H groups in total. The predicted molar refractivity (Wildman–Crippen MR) is 212 cm³/mol. The van der Waals surface area contributed by atoms with Crippen molar-refractivity contribution >= 4 is 71.3 Å². The van der Waals surface area contributed by atoms with Crippen molar-refractivity contribution in [3.63, 3.8) is 0 Å². The summed E-state index contributed by atoms with van der Waals surface area (Å²) in [7, 11) is 0. The summed E-state index contributed by atoms with van der Waals surface area (Å²) in [6.07, 6.45) is 0. The predicted octanol–water partition coefficient (Wildman–Crippen LogP) is 13.8. The third kappa shape index (κ3) is 4.43. The molecule has 0 amide bonds. The van der Waals surface area contributed by atoms with Crippen LogP contribution in [0.1, 0.15) is 0 Å². The summed E-state index contributed by atoms with van der Waals surface area (Å²) in [5.41, 5.74) is 9.72. The number of furan rings is 1. The first-order valence-corrected chi connectivity index (χ1v) is 17.1. The summed E-state index contributed by atoms with van der Waals surface area (Å²) in [5, 5.41) is 9.60. The summed E-state index contributed by atoms with van der Waals surface area (Å²) in [6, 6.07) is 67.6. The third-order valence-corrected chi connectivity index (χ3v) is 10.0. The van der Waals surface area contributed by atoms with Crippen LogP contribution in [0.3, 0.4) is 0 Å². The van der Waals surface area contributed by atoms with Gasteiger partial charge in [0.1, 0.15) is 11.2 Å². The summed E-state index contributed by atoms with van der Waals surface area (Å²) in [5.74, 6) is 0. The summed E-state index contributed by atoms with van der Waals surface area (Å²) >= 11 is 0. The molecule has 0 atom stereocenters. The molecule has 2 nitrogen and oxygen atoms in total. The Kier molecular flexibility index (Phi) is 6.53. The molecule has 0 aliphatic heterocycles. The minimum Gasteiger partial charge on any atom is -0.456 e. The molecule has 0 saturated carbocycles. The van der Waals surface area contributed by atoms with Crippen molar-refractivity contribution in [3.8, 4) is 22.3 Å². The summed E-state index contributed by atoms with van der Waals surface area (Å²) < 4.78 is 6.48. The Morgan fingerprint density at radius 2 is 0.800 bits per heavy atom. The van der Waals surface area contributed by atoms with Gasteiger partial charge in [-0.3, -0.25) is 0 Å². The molecule has 10 aromatic rings. The van der Waals surface area contributed by atoms with E-state index in [0.29, 0.717) is 0 Å². The lowest BCUT2D eigenvalue weighted by Gasteiger charge is -2.31. The molecule has 50 heavy (non-hydrogen) atoms. The van der Waals surface area contributed by atoms with Crippen LogP contribution >= 0.6 is 0 Å². The van der Waals surface area contributed by atoms with Crippen molar-refractivity contribution < 1.29 is 4.42 Å². The first-order valence-electron chi connectivity index (χ1n) is 17.1. The Bertz CT molecular complexity index is 2890. The minimum atomic E-state index is 0.866. The molecule has 0 unspecified atom stereocenters. The molecule has 0 aliphatic carbocycles. The Morgan fingerprint density at radius 1 is 0.300 bits per heavy atom. The normalized spacial score (nSPS) is 11.6. The van der Waals surface area contributed by atoms with E-state index in [-0.39, 0.29) is 0 Å². The number of para-hydroxylation sites is 3. The lowest BCUT2D eigenvalue weighted by molar-refractivity contribution is 0.669. The SMILES string of the molecule is c1ccc(N(c2ccccc2-c2cc3ccccc3c3ccccc23)c2cccc3oc4ccccc4c23)c(-c2cccc3ccccc23)c1. The maximum atomic E-state index is 6.48. The van der Waals surface area contributed by atoms with Crippen molar-refractivity contribution in [2.24, 2.45) is 0 Å². The lowest BCUT2D eigenvalue weighted by Crippen LogP contribution is -2.13. The molecule has 0 spiro atoms. The van der Waals surface area contributed by atoms with Gasteiger partial charge in [0.05, 0.1) is 22.4 Å². The molecule has 0 radical (unpaired) electrons. The van der Waals surface area contributed by atoms with Gasteiger partial charge in [-0.05, 0) is 79.8 Å². The average Bonchev–Trinajstić information content (AvgIpc) is 3.57. The zero-order valence-corrected chi connectivity index (χ0v) is 27.3. The van der Waals surface area contributed by atoms with Crippen molar-refractivity contribution in [1.29, 1.82) is 0 Å². The second-order valence-electron chi connectivity index (χ2n) is 12.8. The first-order chi connectivity index (χ1) is 24.8. The molecule has 2 heteroatoms. The van der Waals surface area contributed by atoms with E-state index in [1.807, 2.05) is 6.07 Å². The Morgan fingerprint density at radius 3 is 1.60 bits per heavy atom. The quantitative estimate of drug-likeness (QED) is 0.175. The number of anilines is 3. The van der Waals surface area contributed by atoms with Crippen LogP contribution in [-0.4, -0.2) is 0 Å². The number of nitrogens with zero attached hydrogens (tertiary/aromatic N) is 1. The van der Waals surface area contributed by atoms with Crippen LogP contribution in [0.4, 0.5) is 17.1 Å². The fraction of sp³-hybridized carbons (Fsp3) is 0. The van der Waals surface area contributed by atoms with Gasteiger partial charge in [-0.2, -0.15) is 0 Å². The summed E-state index contributed by atoms with van der Waals surface area (Å²) in [6.45, 7) is 0. The van der Waals surface area contributed by atoms with Crippen LogP contribution in [-0.2, 0) is 0 Å². The van der Waals surface area contributed by atoms with E-state index in [0.717, 1.165) is 50.1 Å². The van der Waals surface area contributed by atoms with E-state index >= 15 is 0 Å². The summed E-state index contributed by atoms with van der Waals surface area (Å²) in [4.78, 5) is 2.46. The standard InChI is InChI=1S/C48H31NO/c1-3-18-34-32(15-1)17-13-25-37(34)39-22-7-10-26-43(39)49(45-28-14-30-47-48(45)41-24-9-12-29-46(41)50-47)44-27-11-8-23-40(44)42-31-33-16-2-4-19-35(33)36-20-5-6-21-38(36)42/h1-31H. The van der Waals surface area contributed by atoms with Crippen LogP contribution in [0.2, 0.25) is 0 Å². The number of hydrogen-bond donors (Lipinski definition) is 0. The highest BCUT2D eigenvalue weighted by atomic mass is 16.3. The lowest BCUT2D eigenvalue weighted by atomic mass is 9.91. The van der Waals surface area contributed by atoms with Gasteiger partial charge in [0.2, 0.25) is 0 Å². The van der Waals surface area contributed by atoms with Crippen molar-refractivity contribution in [3.05, 3.63) is 188 Å². The van der Waals surface area contributed by atoms with Crippen molar-refractivity contribution in [1.82, 2.24) is 0 Å². The largest absolute Gasteiger partial charge is 0.456 e. The fourth-order valence-electron chi connectivity index (χ4n) is 7.86. The molecule has 0 bridgehead atoms. The Balaban J connectivity index is 1.33. The van der Waals surface area contributed by atoms with Gasteiger partial charge >= 0.3 is 0 Å². The zero-order valence-electron chi connectivity index (χ0n) is 27.3. The van der Waals surface area contributed by atoms with Crippen molar-refractivity contribution in [2.45, 2.75) is 0 Å². The number of fused-ring (bicyclic) bond motifs is 7. The topological polar surface area (TPSA) is 16.4 Å². The van der Waals surface area contributed by atoms with Crippen LogP contribution in [0.15, 0.2) is 192 Å². The van der Waals surface area contributed by atoms with Gasteiger partial charge in [0, 0.05) is 16.5 Å². The van der Waals surface area contributed by atoms with Gasteiger partial charge < -0.3 is 9.32 Å². The molecule has 0 saturated heterocycles. The van der Waals surface area contributed by atoms with Crippen LogP contribution in [0, 0.1) is 0 Å². The van der Waals surface area contributed by atoms with E-state index < -0.39 is 0 Å². The minimum absolute atomic E-state index is 0.866. The molecule has 0 fully saturated rings. The van der Waals surface area contributed by atoms with Gasteiger partial charge in [-0.25, -0.2) is 0 Å². The molecule has 1 aromatic heterocycles. The average molecular weight is 638 g/mol. The third-order valence-electron chi connectivity index (χ3n) is 10.0. The second kappa shape index (κ2) is 11.5. The van der Waals surface area contributed by atoms with Crippen LogP contribution < -0.4 is 4.90 Å². The maximum absolute atomic E-state index is 6.48. The number of hydrogen-bond acceptors (Lipinski definition) is 2. The molecular weight excluding hydrogens is 607 g/mol. The highest BCUT2D eigenvalue weighted by Gasteiger charge is 2.25. The van der Waals surface area contributed by atoms with E-state index in [2.05, 4.69) is 187 Å². The van der Waals surface area contributed by atoms with Gasteiger partial charge in [-0.1, -0.05) is 152 Å². The Labute approximate surface area is 290 Å². The van der Waals surface area contributed by atoms with E-state index in [9.17, 15) is 0 Å². The highest BCUT2D eigenvalue weighted by Crippen LogP contribution is 2.50. The molecule has 0 aliphatic rings. The van der Waals surface area contributed by atoms with Gasteiger partial charge in [0.25, 0.3) is 0 Å². The maximum Gasteiger partial charge on any atom is 0.137 e. The van der Waals surface area contributed by atoms with Crippen LogP contribution in [0.25, 0.3) is 76.5 Å². The molecule has 234 valence electrons. The van der Waals surface area contributed by atoms with E-state index in [4.69, 9.17) is 4.42 Å². The number of benzene rings is 9. The second-order valence-corrected chi connectivity index (χ2v) is 12.8. The fourth-order valence-corrected chi connectivity index (χ4v) is 7.86. The van der Waals surface area contributed by atoms with Crippen LogP contribution in [0.5, 0.6) is 0 Å². The molecule has 10 rings (SSSR count). The molecule has 9 aromatic carbocycles. The highest BCUT2D eigenvalue weighted by molar-refractivity contribution is 6.17. The van der Waals surface area contributed by atoms with E-state index in [1.165, 1.54) is 43.4 Å². The smallest absolute Gasteiger partial charge is 0.137 e.